The van der Waals surface area contributed by atoms with Crippen molar-refractivity contribution in [1.29, 1.82) is 0 Å². The molecule has 4 nitrogen and oxygen atoms in total. The second-order valence-electron chi connectivity index (χ2n) is 4.96. The van der Waals surface area contributed by atoms with Crippen LogP contribution in [0.3, 0.4) is 0 Å². The Kier molecular flexibility index (Phi) is 6.05. The van der Waals surface area contributed by atoms with Crippen LogP contribution in [0.15, 0.2) is 40.2 Å². The zero-order valence-corrected chi connectivity index (χ0v) is 14.2. The van der Waals surface area contributed by atoms with E-state index in [1.54, 1.807) is 35.6 Å². The Labute approximate surface area is 137 Å². The first-order valence-corrected chi connectivity index (χ1v) is 8.28. The molecule has 0 saturated carbocycles. The number of ether oxygens (including phenoxy) is 1. The quantitative estimate of drug-likeness (QED) is 0.735. The van der Waals surface area contributed by atoms with Crippen LogP contribution in [0.2, 0.25) is 0 Å². The van der Waals surface area contributed by atoms with E-state index in [0.29, 0.717) is 18.0 Å². The summed E-state index contributed by atoms with van der Waals surface area (Å²) in [5.74, 6) is 0.716. The Bertz CT molecular complexity index is 559. The third-order valence-electron chi connectivity index (χ3n) is 2.89. The Hall–Kier alpha value is -1.08. The predicted octanol–water partition coefficient (Wildman–Crippen LogP) is 2.96. The van der Waals surface area contributed by atoms with Crippen molar-refractivity contribution in [3.63, 3.8) is 0 Å². The van der Waals surface area contributed by atoms with E-state index in [9.17, 15) is 5.11 Å². The van der Waals surface area contributed by atoms with Gasteiger partial charge in [0.2, 0.25) is 0 Å². The number of anilines is 1. The molecule has 1 aromatic carbocycles. The maximum atomic E-state index is 10.0. The first kappa shape index (κ1) is 16.3. The van der Waals surface area contributed by atoms with E-state index < -0.39 is 6.10 Å². The summed E-state index contributed by atoms with van der Waals surface area (Å²) in [6, 6.07) is 9.26. The van der Waals surface area contributed by atoms with Crippen LogP contribution in [-0.2, 0) is 6.54 Å². The molecule has 0 fully saturated rings. The number of nitrogens with zero attached hydrogens (tertiary/aromatic N) is 1. The summed E-state index contributed by atoms with van der Waals surface area (Å²) in [6.45, 7) is 1.64. The number of aliphatic hydroxyl groups is 1. The molecular weight excluding hydrogens is 352 g/mol. The highest BCUT2D eigenvalue weighted by molar-refractivity contribution is 9.10. The van der Waals surface area contributed by atoms with Gasteiger partial charge in [-0.2, -0.15) is 0 Å². The minimum Gasteiger partial charge on any atom is -0.491 e. The molecule has 0 saturated heterocycles. The standard InChI is InChI=1S/C15H19BrN2O2S/c1-18(8-15-6-11(16)10-21-15)7-13(19)9-20-14-4-2-12(17)3-5-14/h2-6,10,13,19H,7-9,17H2,1H3. The lowest BCUT2D eigenvalue weighted by Gasteiger charge is -2.20. The van der Waals surface area contributed by atoms with Crippen molar-refractivity contribution in [2.45, 2.75) is 12.6 Å². The number of rotatable bonds is 7. The first-order valence-electron chi connectivity index (χ1n) is 6.61. The first-order chi connectivity index (χ1) is 10.0. The van der Waals surface area contributed by atoms with Gasteiger partial charge < -0.3 is 15.6 Å². The van der Waals surface area contributed by atoms with Gasteiger partial charge in [0.05, 0.1) is 0 Å². The fraction of sp³-hybridized carbons (Fsp3) is 0.333. The number of nitrogens with two attached hydrogens (primary N) is 1. The van der Waals surface area contributed by atoms with E-state index in [1.165, 1.54) is 4.88 Å². The van der Waals surface area contributed by atoms with Gasteiger partial charge >= 0.3 is 0 Å². The zero-order chi connectivity index (χ0) is 15.2. The van der Waals surface area contributed by atoms with E-state index in [4.69, 9.17) is 10.5 Å². The molecule has 114 valence electrons. The Morgan fingerprint density at radius 3 is 2.71 bits per heavy atom. The highest BCUT2D eigenvalue weighted by atomic mass is 79.9. The van der Waals surface area contributed by atoms with Gasteiger partial charge in [0, 0.05) is 33.5 Å². The molecule has 0 spiro atoms. The van der Waals surface area contributed by atoms with Gasteiger partial charge in [0.25, 0.3) is 0 Å². The smallest absolute Gasteiger partial charge is 0.119 e. The number of benzene rings is 1. The molecule has 0 aliphatic heterocycles. The molecule has 6 heteroatoms. The van der Waals surface area contributed by atoms with E-state index in [-0.39, 0.29) is 6.61 Å². The molecule has 3 N–H and O–H groups in total. The zero-order valence-electron chi connectivity index (χ0n) is 11.8. The Morgan fingerprint density at radius 2 is 2.10 bits per heavy atom. The van der Waals surface area contributed by atoms with E-state index in [1.807, 2.05) is 7.05 Å². The second-order valence-corrected chi connectivity index (χ2v) is 6.87. The van der Waals surface area contributed by atoms with Crippen molar-refractivity contribution in [2.75, 3.05) is 25.9 Å². The SMILES string of the molecule is CN(Cc1cc(Br)cs1)CC(O)COc1ccc(N)cc1. The molecule has 2 aromatic rings. The van der Waals surface area contributed by atoms with Crippen molar-refractivity contribution in [1.82, 2.24) is 4.90 Å². The lowest BCUT2D eigenvalue weighted by molar-refractivity contribution is 0.0746. The van der Waals surface area contributed by atoms with Crippen molar-refractivity contribution in [3.8, 4) is 5.75 Å². The van der Waals surface area contributed by atoms with Crippen LogP contribution in [0, 0.1) is 0 Å². The summed E-state index contributed by atoms with van der Waals surface area (Å²) < 4.78 is 6.64. The average molecular weight is 371 g/mol. The predicted molar refractivity (Wildman–Crippen MR) is 90.7 cm³/mol. The molecule has 1 aromatic heterocycles. The van der Waals surface area contributed by atoms with Gasteiger partial charge in [-0.15, -0.1) is 11.3 Å². The summed E-state index contributed by atoms with van der Waals surface area (Å²) in [4.78, 5) is 3.34. The maximum absolute atomic E-state index is 10.0. The third-order valence-corrected chi connectivity index (χ3v) is 4.57. The third kappa shape index (κ3) is 5.67. The van der Waals surface area contributed by atoms with Gasteiger partial charge in [-0.05, 0) is 53.3 Å². The second kappa shape index (κ2) is 7.79. The molecule has 1 atom stereocenters. The topological polar surface area (TPSA) is 58.7 Å². The van der Waals surface area contributed by atoms with Crippen molar-refractivity contribution >= 4 is 33.0 Å². The largest absolute Gasteiger partial charge is 0.491 e. The molecule has 1 heterocycles. The normalized spacial score (nSPS) is 12.6. The van der Waals surface area contributed by atoms with Gasteiger partial charge in [0.15, 0.2) is 0 Å². The minimum atomic E-state index is -0.532. The van der Waals surface area contributed by atoms with E-state index in [0.717, 1.165) is 11.0 Å². The molecule has 0 amide bonds. The van der Waals surface area contributed by atoms with Gasteiger partial charge in [-0.3, -0.25) is 4.90 Å². The summed E-state index contributed by atoms with van der Waals surface area (Å²) >= 11 is 5.15. The molecule has 21 heavy (non-hydrogen) atoms. The van der Waals surface area contributed by atoms with Crippen LogP contribution in [0.25, 0.3) is 0 Å². The molecule has 1 unspecified atom stereocenters. The number of thiophene rings is 1. The molecule has 0 radical (unpaired) electrons. The number of nitrogen functional groups attached to an aromatic ring is 1. The monoisotopic (exact) mass is 370 g/mol. The number of hydrogen-bond donors (Lipinski definition) is 2. The molecule has 0 aliphatic rings. The maximum Gasteiger partial charge on any atom is 0.119 e. The highest BCUT2D eigenvalue weighted by Gasteiger charge is 2.10. The summed E-state index contributed by atoms with van der Waals surface area (Å²) in [5.41, 5.74) is 6.31. The fourth-order valence-electron chi connectivity index (χ4n) is 1.94. The molecule has 2 rings (SSSR count). The van der Waals surface area contributed by atoms with Crippen LogP contribution in [-0.4, -0.2) is 36.3 Å². The number of aliphatic hydroxyl groups excluding tert-OH is 1. The lowest BCUT2D eigenvalue weighted by Crippen LogP contribution is -2.32. The van der Waals surface area contributed by atoms with Crippen LogP contribution in [0.4, 0.5) is 5.69 Å². The van der Waals surface area contributed by atoms with Gasteiger partial charge in [-0.25, -0.2) is 0 Å². The van der Waals surface area contributed by atoms with Crippen molar-refractivity contribution in [2.24, 2.45) is 0 Å². The minimum absolute atomic E-state index is 0.266. The lowest BCUT2D eigenvalue weighted by atomic mass is 10.3. The number of likely N-dealkylation sites (N-methyl/N-ethyl adjacent to an activating group) is 1. The van der Waals surface area contributed by atoms with Crippen LogP contribution >= 0.6 is 27.3 Å². The highest BCUT2D eigenvalue weighted by Crippen LogP contribution is 2.21. The van der Waals surface area contributed by atoms with Gasteiger partial charge in [-0.1, -0.05) is 0 Å². The molecule has 0 bridgehead atoms. The van der Waals surface area contributed by atoms with Gasteiger partial charge in [0.1, 0.15) is 18.5 Å². The molecule has 0 aliphatic carbocycles. The van der Waals surface area contributed by atoms with Crippen LogP contribution < -0.4 is 10.5 Å². The summed E-state index contributed by atoms with van der Waals surface area (Å²) in [6.07, 6.45) is -0.532. The van der Waals surface area contributed by atoms with Crippen molar-refractivity contribution in [3.05, 3.63) is 45.1 Å². The number of halogens is 1. The number of hydrogen-bond acceptors (Lipinski definition) is 5. The van der Waals surface area contributed by atoms with E-state index >= 15 is 0 Å². The fourth-order valence-corrected chi connectivity index (χ4v) is 3.47. The van der Waals surface area contributed by atoms with Crippen molar-refractivity contribution < 1.29 is 9.84 Å². The summed E-state index contributed by atoms with van der Waals surface area (Å²) in [7, 11) is 1.99. The van der Waals surface area contributed by atoms with Crippen LogP contribution in [0.1, 0.15) is 4.88 Å². The van der Waals surface area contributed by atoms with E-state index in [2.05, 4.69) is 32.3 Å². The summed E-state index contributed by atoms with van der Waals surface area (Å²) in [5, 5.41) is 12.1. The molecular formula is C15H19BrN2O2S. The average Bonchev–Trinajstić information content (AvgIpc) is 2.83. The Balaban J connectivity index is 1.73. The Morgan fingerprint density at radius 1 is 1.38 bits per heavy atom. The van der Waals surface area contributed by atoms with Crippen LogP contribution in [0.5, 0.6) is 5.75 Å².